The van der Waals surface area contributed by atoms with E-state index in [0.717, 1.165) is 19.5 Å². The van der Waals surface area contributed by atoms with Crippen LogP contribution in [0.25, 0.3) is 0 Å². The molecule has 1 heterocycles. The van der Waals surface area contributed by atoms with Gasteiger partial charge in [0.2, 0.25) is 0 Å². The number of hydrogen-bond donors (Lipinski definition) is 1. The molecule has 112 valence electrons. The highest BCUT2D eigenvalue weighted by atomic mass is 15.3. The topological polar surface area (TPSA) is 32.5 Å². The standard InChI is InChI=1S/C17H29N3/c1-4-15(3)19-9-11-20(12-10-19)17-7-5-16(6-8-17)13-14(2)18/h5-8,14-15H,4,9-13,18H2,1-3H3. The third kappa shape index (κ3) is 3.97. The summed E-state index contributed by atoms with van der Waals surface area (Å²) in [6.07, 6.45) is 2.20. The fraction of sp³-hybridized carbons (Fsp3) is 0.647. The Balaban J connectivity index is 1.90. The number of rotatable bonds is 5. The lowest BCUT2D eigenvalue weighted by Crippen LogP contribution is -2.49. The molecule has 0 aliphatic carbocycles. The Kier molecular flexibility index (Phi) is 5.44. The van der Waals surface area contributed by atoms with Crippen LogP contribution in [0.15, 0.2) is 24.3 Å². The van der Waals surface area contributed by atoms with Gasteiger partial charge in [0.1, 0.15) is 0 Å². The first-order chi connectivity index (χ1) is 9.60. The summed E-state index contributed by atoms with van der Waals surface area (Å²) in [5, 5.41) is 0. The van der Waals surface area contributed by atoms with Gasteiger partial charge < -0.3 is 10.6 Å². The molecule has 0 bridgehead atoms. The summed E-state index contributed by atoms with van der Waals surface area (Å²) in [5.74, 6) is 0. The molecule has 2 rings (SSSR count). The van der Waals surface area contributed by atoms with Crippen LogP contribution in [0, 0.1) is 0 Å². The van der Waals surface area contributed by atoms with Crippen molar-refractivity contribution in [3.05, 3.63) is 29.8 Å². The largest absolute Gasteiger partial charge is 0.369 e. The van der Waals surface area contributed by atoms with Gasteiger partial charge in [0.25, 0.3) is 0 Å². The normalized spacial score (nSPS) is 19.9. The first kappa shape index (κ1) is 15.3. The van der Waals surface area contributed by atoms with Gasteiger partial charge in [-0.05, 0) is 44.4 Å². The summed E-state index contributed by atoms with van der Waals surface area (Å²) < 4.78 is 0. The van der Waals surface area contributed by atoms with Gasteiger partial charge >= 0.3 is 0 Å². The van der Waals surface area contributed by atoms with Crippen molar-refractivity contribution in [1.29, 1.82) is 0 Å². The van der Waals surface area contributed by atoms with E-state index in [9.17, 15) is 0 Å². The Hall–Kier alpha value is -1.06. The predicted octanol–water partition coefficient (Wildman–Crippen LogP) is 2.50. The van der Waals surface area contributed by atoms with E-state index in [1.54, 1.807) is 0 Å². The molecule has 1 aliphatic rings. The van der Waals surface area contributed by atoms with E-state index >= 15 is 0 Å². The van der Waals surface area contributed by atoms with Crippen LogP contribution in [0.5, 0.6) is 0 Å². The number of nitrogens with two attached hydrogens (primary N) is 1. The van der Waals surface area contributed by atoms with Crippen molar-refractivity contribution in [1.82, 2.24) is 4.90 Å². The van der Waals surface area contributed by atoms with E-state index < -0.39 is 0 Å². The quantitative estimate of drug-likeness (QED) is 0.896. The first-order valence-corrected chi connectivity index (χ1v) is 7.93. The van der Waals surface area contributed by atoms with Gasteiger partial charge in [-0.2, -0.15) is 0 Å². The fourth-order valence-electron chi connectivity index (χ4n) is 2.89. The Morgan fingerprint density at radius 1 is 1.05 bits per heavy atom. The Morgan fingerprint density at radius 2 is 1.65 bits per heavy atom. The highest BCUT2D eigenvalue weighted by Crippen LogP contribution is 2.19. The van der Waals surface area contributed by atoms with Crippen LogP contribution in [0.1, 0.15) is 32.8 Å². The summed E-state index contributed by atoms with van der Waals surface area (Å²) in [6, 6.07) is 9.89. The molecular formula is C17H29N3. The second-order valence-electron chi connectivity index (χ2n) is 6.13. The van der Waals surface area contributed by atoms with Crippen molar-refractivity contribution in [2.45, 2.75) is 45.7 Å². The average molecular weight is 275 g/mol. The number of hydrogen-bond acceptors (Lipinski definition) is 3. The van der Waals surface area contributed by atoms with Gasteiger partial charge in [-0.3, -0.25) is 4.90 Å². The fourth-order valence-corrected chi connectivity index (χ4v) is 2.89. The van der Waals surface area contributed by atoms with Crippen molar-refractivity contribution in [2.24, 2.45) is 5.73 Å². The average Bonchev–Trinajstić information content (AvgIpc) is 2.47. The van der Waals surface area contributed by atoms with Crippen molar-refractivity contribution in [3.8, 4) is 0 Å². The zero-order valence-corrected chi connectivity index (χ0v) is 13.2. The second kappa shape index (κ2) is 7.09. The van der Waals surface area contributed by atoms with Crippen molar-refractivity contribution >= 4 is 5.69 Å². The summed E-state index contributed by atoms with van der Waals surface area (Å²) in [6.45, 7) is 11.3. The number of nitrogens with zero attached hydrogens (tertiary/aromatic N) is 2. The SMILES string of the molecule is CCC(C)N1CCN(c2ccc(CC(C)N)cc2)CC1. The van der Waals surface area contributed by atoms with Crippen molar-refractivity contribution < 1.29 is 0 Å². The van der Waals surface area contributed by atoms with E-state index in [-0.39, 0.29) is 6.04 Å². The lowest BCUT2D eigenvalue weighted by molar-refractivity contribution is 0.193. The van der Waals surface area contributed by atoms with E-state index in [1.807, 2.05) is 0 Å². The van der Waals surface area contributed by atoms with E-state index in [0.29, 0.717) is 6.04 Å². The van der Waals surface area contributed by atoms with Gasteiger partial charge in [0, 0.05) is 44.0 Å². The Morgan fingerprint density at radius 3 is 2.15 bits per heavy atom. The molecule has 0 radical (unpaired) electrons. The molecule has 1 aromatic carbocycles. The lowest BCUT2D eigenvalue weighted by Gasteiger charge is -2.39. The summed E-state index contributed by atoms with van der Waals surface area (Å²) in [7, 11) is 0. The van der Waals surface area contributed by atoms with Crippen LogP contribution in [-0.2, 0) is 6.42 Å². The molecular weight excluding hydrogens is 246 g/mol. The molecule has 2 unspecified atom stereocenters. The van der Waals surface area contributed by atoms with E-state index in [2.05, 4.69) is 54.8 Å². The van der Waals surface area contributed by atoms with Crippen molar-refractivity contribution in [3.63, 3.8) is 0 Å². The maximum atomic E-state index is 5.85. The van der Waals surface area contributed by atoms with Crippen LogP contribution in [0.4, 0.5) is 5.69 Å². The van der Waals surface area contributed by atoms with Gasteiger partial charge in [0.15, 0.2) is 0 Å². The van der Waals surface area contributed by atoms with Gasteiger partial charge in [-0.1, -0.05) is 19.1 Å². The molecule has 1 saturated heterocycles. The summed E-state index contributed by atoms with van der Waals surface area (Å²) in [5.41, 5.74) is 8.53. The minimum atomic E-state index is 0.236. The molecule has 0 amide bonds. The van der Waals surface area contributed by atoms with Gasteiger partial charge in [-0.15, -0.1) is 0 Å². The van der Waals surface area contributed by atoms with Crippen LogP contribution in [0.3, 0.4) is 0 Å². The molecule has 20 heavy (non-hydrogen) atoms. The summed E-state index contributed by atoms with van der Waals surface area (Å²) >= 11 is 0. The minimum Gasteiger partial charge on any atom is -0.369 e. The Labute approximate surface area is 123 Å². The molecule has 1 fully saturated rings. The summed E-state index contributed by atoms with van der Waals surface area (Å²) in [4.78, 5) is 5.09. The molecule has 2 N–H and O–H groups in total. The third-order valence-electron chi connectivity index (χ3n) is 4.39. The van der Waals surface area contributed by atoms with Crippen LogP contribution >= 0.6 is 0 Å². The number of anilines is 1. The zero-order chi connectivity index (χ0) is 14.5. The van der Waals surface area contributed by atoms with Crippen LogP contribution in [0.2, 0.25) is 0 Å². The van der Waals surface area contributed by atoms with E-state index in [1.165, 1.54) is 30.8 Å². The Bertz CT molecular complexity index is 391. The molecule has 2 atom stereocenters. The molecule has 0 aromatic heterocycles. The predicted molar refractivity (Wildman–Crippen MR) is 87.3 cm³/mol. The number of benzene rings is 1. The minimum absolute atomic E-state index is 0.236. The van der Waals surface area contributed by atoms with Gasteiger partial charge in [-0.25, -0.2) is 0 Å². The molecule has 3 nitrogen and oxygen atoms in total. The maximum absolute atomic E-state index is 5.85. The molecule has 0 saturated carbocycles. The smallest absolute Gasteiger partial charge is 0.0367 e. The molecule has 1 aliphatic heterocycles. The van der Waals surface area contributed by atoms with Crippen LogP contribution in [-0.4, -0.2) is 43.2 Å². The second-order valence-corrected chi connectivity index (χ2v) is 6.13. The van der Waals surface area contributed by atoms with Crippen LogP contribution < -0.4 is 10.6 Å². The molecule has 3 heteroatoms. The highest BCUT2D eigenvalue weighted by Gasteiger charge is 2.20. The maximum Gasteiger partial charge on any atom is 0.0367 e. The first-order valence-electron chi connectivity index (χ1n) is 7.93. The highest BCUT2D eigenvalue weighted by molar-refractivity contribution is 5.48. The zero-order valence-electron chi connectivity index (χ0n) is 13.2. The number of piperazine rings is 1. The van der Waals surface area contributed by atoms with E-state index in [4.69, 9.17) is 5.73 Å². The van der Waals surface area contributed by atoms with Crippen molar-refractivity contribution in [2.75, 3.05) is 31.1 Å². The molecule has 0 spiro atoms. The third-order valence-corrected chi connectivity index (χ3v) is 4.39. The molecule has 1 aromatic rings. The lowest BCUT2D eigenvalue weighted by atomic mass is 10.1. The monoisotopic (exact) mass is 275 g/mol. The van der Waals surface area contributed by atoms with Gasteiger partial charge in [0.05, 0.1) is 0 Å².